The van der Waals surface area contributed by atoms with Crippen molar-refractivity contribution in [1.29, 1.82) is 0 Å². The molecule has 2 aromatic heterocycles. The number of benzene rings is 1. The quantitative estimate of drug-likeness (QED) is 0.343. The molecule has 202 valence electrons. The lowest BCUT2D eigenvalue weighted by Gasteiger charge is -2.48. The number of hydrogen-bond acceptors (Lipinski definition) is 5. The highest BCUT2D eigenvalue weighted by atomic mass is 28.4. The van der Waals surface area contributed by atoms with E-state index in [0.29, 0.717) is 13.1 Å². The van der Waals surface area contributed by atoms with Gasteiger partial charge in [-0.2, -0.15) is 0 Å². The molecule has 1 aromatic carbocycles. The predicted molar refractivity (Wildman–Crippen MR) is 157 cm³/mol. The Hall–Kier alpha value is -2.77. The summed E-state index contributed by atoms with van der Waals surface area (Å²) in [5.74, 6) is 0.102. The van der Waals surface area contributed by atoms with E-state index in [0.717, 1.165) is 64.7 Å². The molecule has 1 aliphatic heterocycles. The molecule has 5 rings (SSSR count). The Balaban J connectivity index is 1.53. The zero-order valence-corrected chi connectivity index (χ0v) is 25.0. The number of fused-ring (bicyclic) bond motifs is 3. The number of hydrogen-bond donors (Lipinski definition) is 0. The smallest absolute Gasteiger partial charge is 0.257 e. The van der Waals surface area contributed by atoms with Gasteiger partial charge in [0.25, 0.3) is 5.91 Å². The van der Waals surface area contributed by atoms with Crippen molar-refractivity contribution in [2.24, 2.45) is 0 Å². The Labute approximate surface area is 228 Å². The molecule has 3 aromatic rings. The second kappa shape index (κ2) is 10.1. The van der Waals surface area contributed by atoms with Gasteiger partial charge in [0.15, 0.2) is 8.32 Å². The fourth-order valence-corrected chi connectivity index (χ4v) is 7.11. The van der Waals surface area contributed by atoms with Crippen LogP contribution in [0.4, 0.5) is 5.69 Å². The van der Waals surface area contributed by atoms with E-state index in [1.165, 1.54) is 0 Å². The molecule has 0 unspecified atom stereocenters. The van der Waals surface area contributed by atoms with Crippen molar-refractivity contribution in [1.82, 2.24) is 14.9 Å². The minimum atomic E-state index is -1.97. The normalized spacial score (nSPS) is 20.7. The lowest BCUT2D eigenvalue weighted by atomic mass is 9.89. The summed E-state index contributed by atoms with van der Waals surface area (Å²) in [7, 11) is 0.117. The van der Waals surface area contributed by atoms with Gasteiger partial charge in [0.2, 0.25) is 0 Å². The minimum Gasteiger partial charge on any atom is -0.412 e. The van der Waals surface area contributed by atoms with Crippen molar-refractivity contribution in [3.63, 3.8) is 0 Å². The average Bonchev–Trinajstić information content (AvgIpc) is 2.87. The third-order valence-electron chi connectivity index (χ3n) is 8.88. The summed E-state index contributed by atoms with van der Waals surface area (Å²) in [5.41, 5.74) is 5.82. The molecule has 1 amide bonds. The maximum absolute atomic E-state index is 14.3. The molecule has 38 heavy (non-hydrogen) atoms. The highest BCUT2D eigenvalue weighted by Crippen LogP contribution is 2.42. The van der Waals surface area contributed by atoms with Crippen LogP contribution in [-0.2, 0) is 10.8 Å². The summed E-state index contributed by atoms with van der Waals surface area (Å²) < 4.78 is 6.97. The first-order chi connectivity index (χ1) is 18.0. The predicted octanol–water partition coefficient (Wildman–Crippen LogP) is 6.71. The number of carbonyl (C=O) groups is 1. The van der Waals surface area contributed by atoms with E-state index in [-0.39, 0.29) is 23.1 Å². The van der Waals surface area contributed by atoms with Gasteiger partial charge in [-0.1, -0.05) is 45.7 Å². The molecule has 6 nitrogen and oxygen atoms in total. The molecule has 0 spiro atoms. The van der Waals surface area contributed by atoms with E-state index in [4.69, 9.17) is 9.41 Å². The van der Waals surface area contributed by atoms with Gasteiger partial charge in [-0.3, -0.25) is 14.8 Å². The molecule has 1 fully saturated rings. The summed E-state index contributed by atoms with van der Waals surface area (Å²) in [6.07, 6.45) is 8.85. The number of pyridine rings is 2. The molecular weight excluding hydrogens is 488 g/mol. The van der Waals surface area contributed by atoms with E-state index in [1.54, 1.807) is 0 Å². The van der Waals surface area contributed by atoms with E-state index < -0.39 is 8.32 Å². The maximum Gasteiger partial charge on any atom is 0.257 e. The Kier molecular flexibility index (Phi) is 7.11. The van der Waals surface area contributed by atoms with Crippen LogP contribution >= 0.6 is 0 Å². The monoisotopic (exact) mass is 530 g/mol. The fraction of sp³-hybridized carbons (Fsp3) is 0.516. The third kappa shape index (κ3) is 4.98. The van der Waals surface area contributed by atoms with Crippen LogP contribution in [0.25, 0.3) is 10.9 Å². The van der Waals surface area contributed by atoms with E-state index in [2.05, 4.69) is 73.9 Å². The van der Waals surface area contributed by atoms with Gasteiger partial charge in [0, 0.05) is 30.5 Å². The van der Waals surface area contributed by atoms with Crippen LogP contribution in [-0.4, -0.2) is 55.0 Å². The highest BCUT2D eigenvalue weighted by Gasteiger charge is 2.44. The summed E-state index contributed by atoms with van der Waals surface area (Å²) in [6.45, 7) is 14.1. The zero-order chi connectivity index (χ0) is 27.2. The summed E-state index contributed by atoms with van der Waals surface area (Å²) in [5, 5.41) is 1.23. The topological polar surface area (TPSA) is 58.6 Å². The van der Waals surface area contributed by atoms with Crippen molar-refractivity contribution in [2.45, 2.75) is 90.1 Å². The van der Waals surface area contributed by atoms with Crippen LogP contribution in [0.5, 0.6) is 0 Å². The standard InChI is InChI=1S/C31H42N4O2Si/c1-21-14-15-22(19-33-21)17-23-18-25-29(28-24(23)11-10-16-32-28)34(5)20-35(30(25)36)26-12-8-9-13-27(26)37-38(6,7)31(2,3)4/h10-11,14-16,18-19,26-27H,8-9,12-13,17,20H2,1-7H3/t26-,27-/m0/s1. The fourth-order valence-electron chi connectivity index (χ4n) is 5.72. The van der Waals surface area contributed by atoms with Gasteiger partial charge in [-0.15, -0.1) is 0 Å². The SMILES string of the molecule is Cc1ccc(Cc2cc3c(c4ncccc24)N(C)CN([C@H]2CCCC[C@@H]2O[Si](C)(C)C(C)(C)C)C3=O)cn1. The number of anilines is 1. The Morgan fingerprint density at radius 1 is 1.11 bits per heavy atom. The van der Waals surface area contributed by atoms with Crippen LogP contribution in [0.15, 0.2) is 42.7 Å². The first-order valence-electron chi connectivity index (χ1n) is 14.0. The van der Waals surface area contributed by atoms with Crippen LogP contribution in [0.2, 0.25) is 18.1 Å². The van der Waals surface area contributed by atoms with Gasteiger partial charge >= 0.3 is 0 Å². The van der Waals surface area contributed by atoms with Gasteiger partial charge < -0.3 is 14.2 Å². The van der Waals surface area contributed by atoms with E-state index >= 15 is 0 Å². The number of carbonyl (C=O) groups excluding carboxylic acids is 1. The number of rotatable bonds is 5. The van der Waals surface area contributed by atoms with Crippen molar-refractivity contribution >= 4 is 30.8 Å². The first-order valence-corrected chi connectivity index (χ1v) is 16.9. The van der Waals surface area contributed by atoms with Crippen molar-refractivity contribution in [3.05, 3.63) is 65.1 Å². The summed E-state index contributed by atoms with van der Waals surface area (Å²) in [6, 6.07) is 10.5. The van der Waals surface area contributed by atoms with Gasteiger partial charge in [0.05, 0.1) is 35.6 Å². The van der Waals surface area contributed by atoms with Crippen molar-refractivity contribution in [3.8, 4) is 0 Å². The molecule has 1 aliphatic carbocycles. The zero-order valence-electron chi connectivity index (χ0n) is 24.0. The molecule has 2 atom stereocenters. The van der Waals surface area contributed by atoms with Gasteiger partial charge in [-0.05, 0) is 73.6 Å². The van der Waals surface area contributed by atoms with Gasteiger partial charge in [0.1, 0.15) is 0 Å². The Morgan fingerprint density at radius 3 is 2.58 bits per heavy atom. The lowest BCUT2D eigenvalue weighted by molar-refractivity contribution is 0.0218. The molecule has 0 bridgehead atoms. The van der Waals surface area contributed by atoms with Crippen molar-refractivity contribution in [2.75, 3.05) is 18.6 Å². The molecule has 7 heteroatoms. The minimum absolute atomic E-state index is 0.0835. The molecule has 0 N–H and O–H groups in total. The van der Waals surface area contributed by atoms with E-state index in [9.17, 15) is 4.79 Å². The summed E-state index contributed by atoms with van der Waals surface area (Å²) >= 11 is 0. The van der Waals surface area contributed by atoms with Crippen LogP contribution in [0, 0.1) is 6.92 Å². The van der Waals surface area contributed by atoms with Gasteiger partial charge in [-0.25, -0.2) is 0 Å². The van der Waals surface area contributed by atoms with E-state index in [1.807, 2.05) is 31.5 Å². The average molecular weight is 531 g/mol. The van der Waals surface area contributed by atoms with Crippen LogP contribution < -0.4 is 4.90 Å². The number of aromatic nitrogens is 2. The molecule has 0 radical (unpaired) electrons. The molecule has 2 aliphatic rings. The van der Waals surface area contributed by atoms with Crippen LogP contribution in [0.3, 0.4) is 0 Å². The number of amides is 1. The highest BCUT2D eigenvalue weighted by molar-refractivity contribution is 6.74. The maximum atomic E-state index is 14.3. The Morgan fingerprint density at radius 2 is 1.87 bits per heavy atom. The lowest BCUT2D eigenvalue weighted by Crippen LogP contribution is -2.58. The molecular formula is C31H42N4O2Si. The summed E-state index contributed by atoms with van der Waals surface area (Å²) in [4.78, 5) is 27.8. The molecule has 3 heterocycles. The van der Waals surface area contributed by atoms with Crippen molar-refractivity contribution < 1.29 is 9.22 Å². The number of nitrogens with zero attached hydrogens (tertiary/aromatic N) is 4. The second-order valence-corrected chi connectivity index (χ2v) is 17.5. The second-order valence-electron chi connectivity index (χ2n) is 12.7. The number of aryl methyl sites for hydroxylation is 1. The largest absolute Gasteiger partial charge is 0.412 e. The first kappa shape index (κ1) is 26.8. The molecule has 0 saturated heterocycles. The van der Waals surface area contributed by atoms with Crippen LogP contribution in [0.1, 0.15) is 73.6 Å². The Bertz CT molecular complexity index is 1330. The molecule has 1 saturated carbocycles. The third-order valence-corrected chi connectivity index (χ3v) is 13.4.